The summed E-state index contributed by atoms with van der Waals surface area (Å²) >= 11 is 0. The lowest BCUT2D eigenvalue weighted by molar-refractivity contribution is 0.0487. The van der Waals surface area contributed by atoms with E-state index in [4.69, 9.17) is 0 Å². The smallest absolute Gasteiger partial charge is 0.0341 e. The van der Waals surface area contributed by atoms with Crippen LogP contribution in [0, 0.1) is 0 Å². The first kappa shape index (κ1) is 12.0. The zero-order chi connectivity index (χ0) is 10.8. The molecule has 2 nitrogen and oxygen atoms in total. The Hall–Kier alpha value is -0.0800. The highest BCUT2D eigenvalue weighted by molar-refractivity contribution is 5.08. The maximum Gasteiger partial charge on any atom is 0.0341 e. The van der Waals surface area contributed by atoms with Crippen LogP contribution in [0.5, 0.6) is 0 Å². The molecular formula is C12H26N2. The van der Waals surface area contributed by atoms with E-state index in [2.05, 4.69) is 30.7 Å². The number of rotatable bonds is 1. The predicted octanol–water partition coefficient (Wildman–Crippen LogP) is 2.20. The van der Waals surface area contributed by atoms with Gasteiger partial charge in [0.15, 0.2) is 0 Å². The van der Waals surface area contributed by atoms with E-state index in [0.717, 1.165) is 6.04 Å². The summed E-state index contributed by atoms with van der Waals surface area (Å²) in [5.74, 6) is 0. The van der Waals surface area contributed by atoms with Crippen molar-refractivity contribution in [2.24, 2.45) is 0 Å². The summed E-state index contributed by atoms with van der Waals surface area (Å²) in [5.41, 5.74) is 0.598. The third kappa shape index (κ3) is 2.29. The van der Waals surface area contributed by atoms with Crippen LogP contribution in [-0.2, 0) is 0 Å². The fourth-order valence-electron chi connectivity index (χ4n) is 2.58. The minimum atomic E-state index is 0.598. The van der Waals surface area contributed by atoms with Gasteiger partial charge in [-0.2, -0.15) is 0 Å². The van der Waals surface area contributed by atoms with Gasteiger partial charge >= 0.3 is 0 Å². The average molecular weight is 198 g/mol. The number of hydrogen-bond acceptors (Lipinski definition) is 2. The Morgan fingerprint density at radius 3 is 2.07 bits per heavy atom. The summed E-state index contributed by atoms with van der Waals surface area (Å²) in [4.78, 5) is 5.18. The van der Waals surface area contributed by atoms with Gasteiger partial charge in [-0.05, 0) is 33.7 Å². The van der Waals surface area contributed by atoms with Crippen LogP contribution in [0.25, 0.3) is 0 Å². The van der Waals surface area contributed by atoms with Gasteiger partial charge in [-0.1, -0.05) is 13.8 Å². The van der Waals surface area contributed by atoms with Crippen LogP contribution in [0.15, 0.2) is 0 Å². The molecule has 1 aliphatic heterocycles. The Morgan fingerprint density at radius 1 is 1.07 bits per heavy atom. The van der Waals surface area contributed by atoms with Crippen LogP contribution in [-0.4, -0.2) is 48.1 Å². The second-order valence-electron chi connectivity index (χ2n) is 4.75. The van der Waals surface area contributed by atoms with Gasteiger partial charge in [-0.25, -0.2) is 0 Å². The van der Waals surface area contributed by atoms with Crippen molar-refractivity contribution in [2.45, 2.75) is 52.1 Å². The molecule has 1 spiro atoms. The third-order valence-corrected chi connectivity index (χ3v) is 3.35. The Morgan fingerprint density at radius 2 is 1.64 bits per heavy atom. The van der Waals surface area contributed by atoms with Crippen LogP contribution < -0.4 is 0 Å². The summed E-state index contributed by atoms with van der Waals surface area (Å²) in [6.07, 6.45) is 2.85. The quantitative estimate of drug-likeness (QED) is 0.637. The average Bonchev–Trinajstić information content (AvgIpc) is 2.88. The first-order valence-electron chi connectivity index (χ1n) is 6.09. The van der Waals surface area contributed by atoms with E-state index in [-0.39, 0.29) is 0 Å². The molecule has 0 N–H and O–H groups in total. The molecular weight excluding hydrogens is 172 g/mol. The highest BCUT2D eigenvalue weighted by Gasteiger charge is 2.50. The molecule has 1 aliphatic carbocycles. The molecule has 0 atom stereocenters. The van der Waals surface area contributed by atoms with Crippen molar-refractivity contribution in [3.63, 3.8) is 0 Å². The molecule has 1 heterocycles. The number of piperazine rings is 1. The molecule has 2 aliphatic rings. The van der Waals surface area contributed by atoms with E-state index < -0.39 is 0 Å². The van der Waals surface area contributed by atoms with E-state index in [0.29, 0.717) is 5.54 Å². The Bertz CT molecular complexity index is 173. The van der Waals surface area contributed by atoms with E-state index in [9.17, 15) is 0 Å². The number of nitrogens with zero attached hydrogens (tertiary/aromatic N) is 2. The standard InChI is InChI=1S/C10H20N2.C2H6/c1-9(2)12-7-6-11(3)8-10(12)4-5-10;1-2/h9H,4-8H2,1-3H3;1-2H3. The lowest BCUT2D eigenvalue weighted by Gasteiger charge is -2.43. The summed E-state index contributed by atoms with van der Waals surface area (Å²) in [6.45, 7) is 12.5. The van der Waals surface area contributed by atoms with Crippen molar-refractivity contribution in [3.8, 4) is 0 Å². The second kappa shape index (κ2) is 4.63. The van der Waals surface area contributed by atoms with Crippen molar-refractivity contribution in [2.75, 3.05) is 26.7 Å². The van der Waals surface area contributed by atoms with Gasteiger partial charge in [0.05, 0.1) is 0 Å². The van der Waals surface area contributed by atoms with Crippen LogP contribution in [0.3, 0.4) is 0 Å². The van der Waals surface area contributed by atoms with E-state index in [1.54, 1.807) is 0 Å². The molecule has 1 saturated carbocycles. The molecule has 2 heteroatoms. The molecule has 84 valence electrons. The third-order valence-electron chi connectivity index (χ3n) is 3.35. The topological polar surface area (TPSA) is 6.48 Å². The number of hydrogen-bond donors (Lipinski definition) is 0. The molecule has 2 fully saturated rings. The zero-order valence-corrected chi connectivity index (χ0v) is 10.5. The van der Waals surface area contributed by atoms with Gasteiger partial charge in [0.1, 0.15) is 0 Å². The first-order valence-corrected chi connectivity index (χ1v) is 6.09. The SMILES string of the molecule is CC.CC(C)N1CCN(C)CC12CC2. The second-order valence-corrected chi connectivity index (χ2v) is 4.75. The summed E-state index contributed by atoms with van der Waals surface area (Å²) < 4.78 is 0. The van der Waals surface area contributed by atoms with E-state index in [1.165, 1.54) is 32.5 Å². The highest BCUT2D eigenvalue weighted by Crippen LogP contribution is 2.44. The van der Waals surface area contributed by atoms with Crippen molar-refractivity contribution < 1.29 is 0 Å². The summed E-state index contributed by atoms with van der Waals surface area (Å²) in [5, 5.41) is 0. The van der Waals surface area contributed by atoms with Gasteiger partial charge in [-0.3, -0.25) is 4.90 Å². The predicted molar refractivity (Wildman–Crippen MR) is 62.7 cm³/mol. The van der Waals surface area contributed by atoms with Crippen LogP contribution >= 0.6 is 0 Å². The van der Waals surface area contributed by atoms with Crippen molar-refractivity contribution in [1.29, 1.82) is 0 Å². The minimum absolute atomic E-state index is 0.598. The molecule has 0 amide bonds. The zero-order valence-electron chi connectivity index (χ0n) is 10.5. The monoisotopic (exact) mass is 198 g/mol. The molecule has 0 aromatic rings. The molecule has 14 heavy (non-hydrogen) atoms. The van der Waals surface area contributed by atoms with Gasteiger partial charge in [0, 0.05) is 31.2 Å². The normalized spacial score (nSPS) is 26.1. The Kier molecular flexibility index (Phi) is 3.96. The lowest BCUT2D eigenvalue weighted by atomic mass is 10.1. The maximum absolute atomic E-state index is 2.70. The van der Waals surface area contributed by atoms with Crippen molar-refractivity contribution in [1.82, 2.24) is 9.80 Å². The van der Waals surface area contributed by atoms with Gasteiger partial charge in [-0.15, -0.1) is 0 Å². The molecule has 0 aromatic heterocycles. The first-order chi connectivity index (χ1) is 6.64. The van der Waals surface area contributed by atoms with E-state index in [1.807, 2.05) is 13.8 Å². The molecule has 1 saturated heterocycles. The molecule has 0 aromatic carbocycles. The largest absolute Gasteiger partial charge is 0.303 e. The minimum Gasteiger partial charge on any atom is -0.303 e. The van der Waals surface area contributed by atoms with E-state index >= 15 is 0 Å². The molecule has 0 radical (unpaired) electrons. The summed E-state index contributed by atoms with van der Waals surface area (Å²) in [6, 6.07) is 0.737. The summed E-state index contributed by atoms with van der Waals surface area (Å²) in [7, 11) is 2.25. The van der Waals surface area contributed by atoms with Gasteiger partial charge in [0.25, 0.3) is 0 Å². The Labute approximate surface area is 89.3 Å². The van der Waals surface area contributed by atoms with Crippen LogP contribution in [0.4, 0.5) is 0 Å². The van der Waals surface area contributed by atoms with Gasteiger partial charge < -0.3 is 4.90 Å². The van der Waals surface area contributed by atoms with Crippen LogP contribution in [0.1, 0.15) is 40.5 Å². The van der Waals surface area contributed by atoms with Crippen molar-refractivity contribution in [3.05, 3.63) is 0 Å². The fraction of sp³-hybridized carbons (Fsp3) is 1.00. The molecule has 0 bridgehead atoms. The molecule has 2 rings (SSSR count). The van der Waals surface area contributed by atoms with Crippen LogP contribution in [0.2, 0.25) is 0 Å². The molecule has 0 unspecified atom stereocenters. The van der Waals surface area contributed by atoms with Gasteiger partial charge in [0.2, 0.25) is 0 Å². The lowest BCUT2D eigenvalue weighted by Crippen LogP contribution is -2.55. The number of likely N-dealkylation sites (N-methyl/N-ethyl adjacent to an activating group) is 1. The van der Waals surface area contributed by atoms with Crippen molar-refractivity contribution >= 4 is 0 Å². The maximum atomic E-state index is 2.70. The fourth-order valence-corrected chi connectivity index (χ4v) is 2.58. The highest BCUT2D eigenvalue weighted by atomic mass is 15.3. The Balaban J connectivity index is 0.000000461.